The minimum absolute atomic E-state index is 0.104. The number of urea groups is 1. The Morgan fingerprint density at radius 1 is 1.35 bits per heavy atom. The first kappa shape index (κ1) is 15.5. The van der Waals surface area contributed by atoms with Crippen molar-refractivity contribution in [2.75, 3.05) is 18.4 Å². The summed E-state index contributed by atoms with van der Waals surface area (Å²) in [4.78, 5) is 14.0. The summed E-state index contributed by atoms with van der Waals surface area (Å²) in [6, 6.07) is 8.44. The van der Waals surface area contributed by atoms with E-state index in [-0.39, 0.29) is 11.8 Å². The molecule has 0 bridgehead atoms. The van der Waals surface area contributed by atoms with Gasteiger partial charge in [-0.2, -0.15) is 5.10 Å². The number of nitrogens with one attached hydrogen (secondary N) is 1. The molecule has 1 saturated heterocycles. The van der Waals surface area contributed by atoms with Gasteiger partial charge in [0.1, 0.15) is 5.82 Å². The number of carbonyl (C=O) groups excluding carboxylic acids is 1. The summed E-state index contributed by atoms with van der Waals surface area (Å²) in [5.74, 6) is 0.879. The second kappa shape index (κ2) is 6.81. The minimum Gasteiger partial charge on any atom is -0.324 e. The quantitative estimate of drug-likeness (QED) is 0.946. The Hall–Kier alpha value is -2.37. The third-order valence-electron chi connectivity index (χ3n) is 4.26. The van der Waals surface area contributed by atoms with E-state index in [0.29, 0.717) is 11.7 Å². The molecule has 0 aliphatic carbocycles. The van der Waals surface area contributed by atoms with Gasteiger partial charge in [-0.25, -0.2) is 9.18 Å². The average Bonchev–Trinajstić information content (AvgIpc) is 2.93. The van der Waals surface area contributed by atoms with Crippen LogP contribution in [0, 0.1) is 11.7 Å². The van der Waals surface area contributed by atoms with Gasteiger partial charge in [0.15, 0.2) is 5.82 Å². The maximum absolute atomic E-state index is 13.2. The molecule has 2 amide bonds. The van der Waals surface area contributed by atoms with E-state index < -0.39 is 0 Å². The Kier molecular flexibility index (Phi) is 4.60. The summed E-state index contributed by atoms with van der Waals surface area (Å²) >= 11 is 0. The van der Waals surface area contributed by atoms with Crippen LogP contribution in [0.3, 0.4) is 0 Å². The highest BCUT2D eigenvalue weighted by molar-refractivity contribution is 5.88. The van der Waals surface area contributed by atoms with Crippen molar-refractivity contribution in [3.8, 4) is 0 Å². The molecule has 3 rings (SSSR count). The summed E-state index contributed by atoms with van der Waals surface area (Å²) in [6.07, 6.45) is 4.53. The predicted octanol–water partition coefficient (Wildman–Crippen LogP) is 3.05. The van der Waals surface area contributed by atoms with Gasteiger partial charge in [0.25, 0.3) is 0 Å². The first-order valence-electron chi connectivity index (χ1n) is 7.90. The normalized spacial score (nSPS) is 15.7. The van der Waals surface area contributed by atoms with E-state index >= 15 is 0 Å². The molecular formula is C17H21FN4O. The molecular weight excluding hydrogens is 295 g/mol. The van der Waals surface area contributed by atoms with Crippen molar-refractivity contribution in [2.45, 2.75) is 19.3 Å². The lowest BCUT2D eigenvalue weighted by atomic mass is 9.90. The fraction of sp³-hybridized carbons (Fsp3) is 0.412. The lowest BCUT2D eigenvalue weighted by Crippen LogP contribution is -2.41. The van der Waals surface area contributed by atoms with Crippen LogP contribution in [-0.4, -0.2) is 33.8 Å². The number of halogens is 1. The SMILES string of the molecule is Cn1ccc(NC(=O)N2CCC(Cc3cccc(F)c3)CC2)n1. The molecule has 1 aliphatic heterocycles. The number of piperidine rings is 1. The number of carbonyl (C=O) groups is 1. The third-order valence-corrected chi connectivity index (χ3v) is 4.26. The van der Waals surface area contributed by atoms with Crippen LogP contribution in [-0.2, 0) is 13.5 Å². The molecule has 23 heavy (non-hydrogen) atoms. The number of hydrogen-bond acceptors (Lipinski definition) is 2. The number of anilines is 1. The molecule has 2 aromatic rings. The van der Waals surface area contributed by atoms with Crippen molar-refractivity contribution in [1.82, 2.24) is 14.7 Å². The maximum atomic E-state index is 13.2. The molecule has 1 aromatic carbocycles. The summed E-state index contributed by atoms with van der Waals surface area (Å²) in [5.41, 5.74) is 1.03. The van der Waals surface area contributed by atoms with E-state index in [4.69, 9.17) is 0 Å². The lowest BCUT2D eigenvalue weighted by molar-refractivity contribution is 0.182. The molecule has 1 aliphatic rings. The zero-order valence-electron chi connectivity index (χ0n) is 13.2. The smallest absolute Gasteiger partial charge is 0.323 e. The van der Waals surface area contributed by atoms with Crippen molar-refractivity contribution in [2.24, 2.45) is 13.0 Å². The van der Waals surface area contributed by atoms with Crippen LogP contribution in [0.2, 0.25) is 0 Å². The Labute approximate surface area is 135 Å². The monoisotopic (exact) mass is 316 g/mol. The molecule has 1 aromatic heterocycles. The Morgan fingerprint density at radius 3 is 2.78 bits per heavy atom. The van der Waals surface area contributed by atoms with Crippen LogP contribution in [0.1, 0.15) is 18.4 Å². The second-order valence-corrected chi connectivity index (χ2v) is 6.07. The van der Waals surface area contributed by atoms with Gasteiger partial charge in [-0.15, -0.1) is 0 Å². The molecule has 1 N–H and O–H groups in total. The van der Waals surface area contributed by atoms with E-state index in [0.717, 1.165) is 37.9 Å². The topological polar surface area (TPSA) is 50.2 Å². The number of amides is 2. The van der Waals surface area contributed by atoms with Gasteiger partial charge < -0.3 is 4.90 Å². The number of hydrogen-bond donors (Lipinski definition) is 1. The largest absolute Gasteiger partial charge is 0.324 e. The van der Waals surface area contributed by atoms with Gasteiger partial charge in [-0.1, -0.05) is 12.1 Å². The molecule has 0 saturated carbocycles. The Balaban J connectivity index is 1.49. The van der Waals surface area contributed by atoms with Crippen molar-refractivity contribution >= 4 is 11.8 Å². The molecule has 0 spiro atoms. The van der Waals surface area contributed by atoms with Crippen LogP contribution in [0.4, 0.5) is 15.0 Å². The number of rotatable bonds is 3. The van der Waals surface area contributed by atoms with Gasteiger partial charge in [0, 0.05) is 32.4 Å². The number of nitrogens with zero attached hydrogens (tertiary/aromatic N) is 3. The predicted molar refractivity (Wildman–Crippen MR) is 86.6 cm³/mol. The molecule has 0 radical (unpaired) electrons. The lowest BCUT2D eigenvalue weighted by Gasteiger charge is -2.31. The van der Waals surface area contributed by atoms with Crippen molar-refractivity contribution in [3.63, 3.8) is 0 Å². The average molecular weight is 316 g/mol. The third kappa shape index (κ3) is 4.09. The molecule has 1 fully saturated rings. The standard InChI is InChI=1S/C17H21FN4O/c1-21-8-7-16(20-21)19-17(23)22-9-5-13(6-10-22)11-14-3-2-4-15(18)12-14/h2-4,7-8,12-13H,5-6,9-11H2,1H3,(H,19,20,23). The van der Waals surface area contributed by atoms with E-state index in [1.807, 2.05) is 18.0 Å². The zero-order valence-corrected chi connectivity index (χ0v) is 13.2. The van der Waals surface area contributed by atoms with Gasteiger partial charge >= 0.3 is 6.03 Å². The zero-order chi connectivity index (χ0) is 16.2. The van der Waals surface area contributed by atoms with E-state index in [2.05, 4.69) is 10.4 Å². The number of benzene rings is 1. The highest BCUT2D eigenvalue weighted by Crippen LogP contribution is 2.22. The first-order valence-corrected chi connectivity index (χ1v) is 7.90. The summed E-state index contributed by atoms with van der Waals surface area (Å²) < 4.78 is 14.9. The molecule has 0 atom stereocenters. The van der Waals surface area contributed by atoms with E-state index in [1.165, 1.54) is 6.07 Å². The van der Waals surface area contributed by atoms with Crippen LogP contribution >= 0.6 is 0 Å². The first-order chi connectivity index (χ1) is 11.1. The summed E-state index contributed by atoms with van der Waals surface area (Å²) in [5, 5.41) is 6.96. The summed E-state index contributed by atoms with van der Waals surface area (Å²) in [6.45, 7) is 1.44. The fourth-order valence-electron chi connectivity index (χ4n) is 3.01. The highest BCUT2D eigenvalue weighted by atomic mass is 19.1. The van der Waals surface area contributed by atoms with Crippen LogP contribution in [0.15, 0.2) is 36.5 Å². The molecule has 122 valence electrons. The van der Waals surface area contributed by atoms with Crippen LogP contribution < -0.4 is 5.32 Å². The number of aryl methyl sites for hydroxylation is 1. The molecule has 6 heteroatoms. The summed E-state index contributed by atoms with van der Waals surface area (Å²) in [7, 11) is 1.81. The van der Waals surface area contributed by atoms with Gasteiger partial charge in [0.05, 0.1) is 0 Å². The minimum atomic E-state index is -0.185. The highest BCUT2D eigenvalue weighted by Gasteiger charge is 2.23. The van der Waals surface area contributed by atoms with Crippen molar-refractivity contribution in [3.05, 3.63) is 47.9 Å². The van der Waals surface area contributed by atoms with Gasteiger partial charge in [0.2, 0.25) is 0 Å². The molecule has 2 heterocycles. The van der Waals surface area contributed by atoms with E-state index in [9.17, 15) is 9.18 Å². The van der Waals surface area contributed by atoms with Crippen LogP contribution in [0.25, 0.3) is 0 Å². The van der Waals surface area contributed by atoms with E-state index in [1.54, 1.807) is 29.1 Å². The van der Waals surface area contributed by atoms with Crippen molar-refractivity contribution in [1.29, 1.82) is 0 Å². The van der Waals surface area contributed by atoms with Gasteiger partial charge in [-0.05, 0) is 42.9 Å². The Morgan fingerprint density at radius 2 is 2.13 bits per heavy atom. The fourth-order valence-corrected chi connectivity index (χ4v) is 3.01. The molecule has 0 unspecified atom stereocenters. The van der Waals surface area contributed by atoms with Gasteiger partial charge in [-0.3, -0.25) is 10.00 Å². The second-order valence-electron chi connectivity index (χ2n) is 6.07. The number of aromatic nitrogens is 2. The maximum Gasteiger partial charge on any atom is 0.323 e. The van der Waals surface area contributed by atoms with Crippen LogP contribution in [0.5, 0.6) is 0 Å². The molecule has 5 nitrogen and oxygen atoms in total. The van der Waals surface area contributed by atoms with Crippen molar-refractivity contribution < 1.29 is 9.18 Å². The number of likely N-dealkylation sites (tertiary alicyclic amines) is 1. The Bertz CT molecular complexity index is 677.